The van der Waals surface area contributed by atoms with Crippen molar-refractivity contribution < 1.29 is 14.4 Å². The van der Waals surface area contributed by atoms with E-state index >= 15 is 0 Å². The summed E-state index contributed by atoms with van der Waals surface area (Å²) in [6.07, 6.45) is 0.194. The number of hydrogen-bond acceptors (Lipinski definition) is 3. The van der Waals surface area contributed by atoms with Crippen LogP contribution in [-0.2, 0) is 9.59 Å². The third kappa shape index (κ3) is 4.84. The monoisotopic (exact) mass is 359 g/mol. The zero-order valence-electron chi connectivity index (χ0n) is 16.5. The van der Waals surface area contributed by atoms with Gasteiger partial charge >= 0.3 is 0 Å². The molecule has 2 rings (SSSR count). The fraction of sp³-hybridized carbons (Fsp3) is 0.550. The van der Waals surface area contributed by atoms with Gasteiger partial charge < -0.3 is 15.5 Å². The van der Waals surface area contributed by atoms with Gasteiger partial charge in [0.2, 0.25) is 11.8 Å². The number of benzene rings is 1. The molecule has 1 aromatic carbocycles. The number of rotatable bonds is 3. The molecule has 0 unspecified atom stereocenters. The fourth-order valence-corrected chi connectivity index (χ4v) is 2.96. The molecule has 1 fully saturated rings. The summed E-state index contributed by atoms with van der Waals surface area (Å²) in [4.78, 5) is 39.1. The fourth-order valence-electron chi connectivity index (χ4n) is 2.96. The highest BCUT2D eigenvalue weighted by atomic mass is 16.2. The SMILES string of the molecule is CC(C)(C)NC(=O)c1ccccc1NC(=O)[C@@H]1CC(=O)N(C(C)(C)C)C1. The quantitative estimate of drug-likeness (QED) is 0.871. The summed E-state index contributed by atoms with van der Waals surface area (Å²) in [6, 6.07) is 6.91. The maximum atomic E-state index is 12.7. The number of nitrogens with zero attached hydrogens (tertiary/aromatic N) is 1. The average Bonchev–Trinajstić information content (AvgIpc) is 2.88. The third-order valence-electron chi connectivity index (χ3n) is 4.22. The molecule has 142 valence electrons. The Labute approximate surface area is 155 Å². The van der Waals surface area contributed by atoms with Crippen molar-refractivity contribution >= 4 is 23.4 Å². The topological polar surface area (TPSA) is 78.5 Å². The standard InChI is InChI=1S/C20H29N3O3/c1-19(2,3)22-18(26)14-9-7-8-10-15(14)21-17(25)13-11-16(24)23(12-13)20(4,5)6/h7-10,13H,11-12H2,1-6H3,(H,21,25)(H,22,26)/t13-/m1/s1. The summed E-state index contributed by atoms with van der Waals surface area (Å²) in [7, 11) is 0. The number of amides is 3. The second-order valence-electron chi connectivity index (χ2n) is 8.82. The predicted octanol–water partition coefficient (Wildman–Crippen LogP) is 2.80. The largest absolute Gasteiger partial charge is 0.347 e. The molecule has 0 aliphatic carbocycles. The lowest BCUT2D eigenvalue weighted by Crippen LogP contribution is -2.43. The Bertz CT molecular complexity index is 714. The molecule has 0 bridgehead atoms. The first kappa shape index (κ1) is 19.9. The van der Waals surface area contributed by atoms with Gasteiger partial charge in [-0.1, -0.05) is 12.1 Å². The number of carbonyl (C=O) groups is 3. The lowest BCUT2D eigenvalue weighted by molar-refractivity contribution is -0.131. The number of hydrogen-bond donors (Lipinski definition) is 2. The second kappa shape index (κ2) is 7.09. The van der Waals surface area contributed by atoms with Crippen LogP contribution in [0.2, 0.25) is 0 Å². The number of nitrogens with one attached hydrogen (secondary N) is 2. The first-order valence-corrected chi connectivity index (χ1v) is 8.91. The van der Waals surface area contributed by atoms with Gasteiger partial charge in [-0.25, -0.2) is 0 Å². The molecule has 1 aliphatic heterocycles. The van der Waals surface area contributed by atoms with E-state index < -0.39 is 5.92 Å². The van der Waals surface area contributed by atoms with Crippen molar-refractivity contribution in [3.05, 3.63) is 29.8 Å². The minimum atomic E-state index is -0.416. The van der Waals surface area contributed by atoms with E-state index in [1.54, 1.807) is 29.2 Å². The van der Waals surface area contributed by atoms with E-state index in [0.717, 1.165) is 0 Å². The molecule has 0 aromatic heterocycles. The summed E-state index contributed by atoms with van der Waals surface area (Å²) in [5.41, 5.74) is 0.185. The predicted molar refractivity (Wildman–Crippen MR) is 102 cm³/mol. The first-order chi connectivity index (χ1) is 11.9. The molecule has 1 saturated heterocycles. The van der Waals surface area contributed by atoms with E-state index in [4.69, 9.17) is 0 Å². The van der Waals surface area contributed by atoms with Crippen molar-refractivity contribution in [3.8, 4) is 0 Å². The highest BCUT2D eigenvalue weighted by molar-refractivity contribution is 6.05. The Kier molecular flexibility index (Phi) is 5.44. The molecular formula is C20H29N3O3. The van der Waals surface area contributed by atoms with Gasteiger partial charge in [0.15, 0.2) is 0 Å². The third-order valence-corrected chi connectivity index (χ3v) is 4.22. The van der Waals surface area contributed by atoms with E-state index in [9.17, 15) is 14.4 Å². The Morgan fingerprint density at radius 1 is 1.08 bits per heavy atom. The molecule has 6 nitrogen and oxygen atoms in total. The molecular weight excluding hydrogens is 330 g/mol. The van der Waals surface area contributed by atoms with Gasteiger partial charge in [0.1, 0.15) is 0 Å². The summed E-state index contributed by atoms with van der Waals surface area (Å²) >= 11 is 0. The lowest BCUT2D eigenvalue weighted by atomic mass is 10.0. The van der Waals surface area contributed by atoms with Crippen LogP contribution >= 0.6 is 0 Å². The molecule has 3 amide bonds. The van der Waals surface area contributed by atoms with Crippen LogP contribution in [-0.4, -0.2) is 40.2 Å². The van der Waals surface area contributed by atoms with Crippen molar-refractivity contribution in [2.24, 2.45) is 5.92 Å². The lowest BCUT2D eigenvalue weighted by Gasteiger charge is -2.32. The van der Waals surface area contributed by atoms with Crippen LogP contribution in [0, 0.1) is 5.92 Å². The van der Waals surface area contributed by atoms with E-state index in [-0.39, 0.29) is 35.2 Å². The van der Waals surface area contributed by atoms with Crippen molar-refractivity contribution in [1.82, 2.24) is 10.2 Å². The van der Waals surface area contributed by atoms with Crippen LogP contribution in [0.15, 0.2) is 24.3 Å². The minimum absolute atomic E-state index is 0.0172. The summed E-state index contributed by atoms with van der Waals surface area (Å²) in [6.45, 7) is 12.0. The van der Waals surface area contributed by atoms with E-state index in [1.807, 2.05) is 41.5 Å². The summed E-state index contributed by atoms with van der Waals surface area (Å²) < 4.78 is 0. The van der Waals surface area contributed by atoms with Crippen LogP contribution < -0.4 is 10.6 Å². The molecule has 0 spiro atoms. The molecule has 2 N–H and O–H groups in total. The zero-order chi connectivity index (χ0) is 19.7. The summed E-state index contributed by atoms with van der Waals surface area (Å²) in [5.74, 6) is -0.912. The Morgan fingerprint density at radius 3 is 2.23 bits per heavy atom. The van der Waals surface area contributed by atoms with Gasteiger partial charge in [-0.3, -0.25) is 14.4 Å². The van der Waals surface area contributed by atoms with Crippen LogP contribution in [0.25, 0.3) is 0 Å². The molecule has 26 heavy (non-hydrogen) atoms. The normalized spacial score (nSPS) is 18.0. The van der Waals surface area contributed by atoms with Gasteiger partial charge in [0, 0.05) is 24.0 Å². The van der Waals surface area contributed by atoms with Crippen LogP contribution in [0.4, 0.5) is 5.69 Å². The van der Waals surface area contributed by atoms with Crippen molar-refractivity contribution in [1.29, 1.82) is 0 Å². The Morgan fingerprint density at radius 2 is 1.69 bits per heavy atom. The van der Waals surface area contributed by atoms with E-state index in [2.05, 4.69) is 10.6 Å². The van der Waals surface area contributed by atoms with Gasteiger partial charge in [-0.05, 0) is 53.7 Å². The number of anilines is 1. The van der Waals surface area contributed by atoms with Crippen LogP contribution in [0.5, 0.6) is 0 Å². The van der Waals surface area contributed by atoms with Crippen molar-refractivity contribution in [2.45, 2.75) is 59.0 Å². The molecule has 0 radical (unpaired) electrons. The van der Waals surface area contributed by atoms with Crippen LogP contribution in [0.1, 0.15) is 58.3 Å². The first-order valence-electron chi connectivity index (χ1n) is 8.91. The Balaban J connectivity index is 2.13. The van der Waals surface area contributed by atoms with Gasteiger partial charge in [-0.15, -0.1) is 0 Å². The second-order valence-corrected chi connectivity index (χ2v) is 8.82. The molecule has 1 aromatic rings. The van der Waals surface area contributed by atoms with Crippen LogP contribution in [0.3, 0.4) is 0 Å². The summed E-state index contributed by atoms with van der Waals surface area (Å²) in [5, 5.41) is 5.73. The van der Waals surface area contributed by atoms with Crippen molar-refractivity contribution in [2.75, 3.05) is 11.9 Å². The molecule has 0 saturated carbocycles. The van der Waals surface area contributed by atoms with Gasteiger partial charge in [-0.2, -0.15) is 0 Å². The van der Waals surface area contributed by atoms with E-state index in [1.165, 1.54) is 0 Å². The van der Waals surface area contributed by atoms with Crippen molar-refractivity contribution in [3.63, 3.8) is 0 Å². The maximum Gasteiger partial charge on any atom is 0.253 e. The zero-order valence-corrected chi connectivity index (χ0v) is 16.5. The number of likely N-dealkylation sites (tertiary alicyclic amines) is 1. The van der Waals surface area contributed by atoms with Gasteiger partial charge in [0.25, 0.3) is 5.91 Å². The Hall–Kier alpha value is -2.37. The molecule has 1 aliphatic rings. The van der Waals surface area contributed by atoms with Gasteiger partial charge in [0.05, 0.1) is 17.2 Å². The highest BCUT2D eigenvalue weighted by Crippen LogP contribution is 2.27. The smallest absolute Gasteiger partial charge is 0.253 e. The molecule has 1 heterocycles. The maximum absolute atomic E-state index is 12.7. The highest BCUT2D eigenvalue weighted by Gasteiger charge is 2.39. The van der Waals surface area contributed by atoms with E-state index in [0.29, 0.717) is 17.8 Å². The number of para-hydroxylation sites is 1. The molecule has 1 atom stereocenters. The molecule has 6 heteroatoms. The average molecular weight is 359 g/mol. The minimum Gasteiger partial charge on any atom is -0.347 e. The number of carbonyl (C=O) groups excluding carboxylic acids is 3.